The molecule has 0 heterocycles. The molecule has 0 bridgehead atoms. The molecule has 0 amide bonds. The van der Waals surface area contributed by atoms with Crippen LogP contribution >= 0.6 is 65.9 Å². The molecule has 1 nitrogen and oxygen atoms in total. The number of hydrogen-bond donors (Lipinski definition) is 0. The largest absolute Gasteiger partial charge is 1.00 e. The Morgan fingerprint density at radius 2 is 0.573 bits per heavy atom. The van der Waals surface area contributed by atoms with E-state index >= 15 is 0 Å². The van der Waals surface area contributed by atoms with Gasteiger partial charge in [0.2, 0.25) is 0 Å². The van der Waals surface area contributed by atoms with Crippen LogP contribution in [0.3, 0.4) is 0 Å². The van der Waals surface area contributed by atoms with E-state index in [2.05, 4.69) is 288 Å². The molecule has 4 fully saturated rings. The van der Waals surface area contributed by atoms with E-state index in [1.165, 1.54) is 185 Å². The predicted molar refractivity (Wildman–Crippen MR) is 511 cm³/mol. The molecule has 11 heteroatoms. The second-order valence-corrected chi connectivity index (χ2v) is 41.2. The van der Waals surface area contributed by atoms with Gasteiger partial charge >= 0.3 is 113 Å². The van der Waals surface area contributed by atoms with Gasteiger partial charge in [0, 0.05) is 15.4 Å². The minimum Gasteiger partial charge on any atom is -0.184 e. The van der Waals surface area contributed by atoms with Crippen molar-refractivity contribution in [2.24, 2.45) is 29.6 Å². The maximum Gasteiger partial charge on any atom is 1.00 e. The van der Waals surface area contributed by atoms with E-state index in [-0.39, 0.29) is 80.6 Å². The Hall–Kier alpha value is -2.79. The molecular weight excluding hydrogens is 1790 g/mol. The van der Waals surface area contributed by atoms with Crippen molar-refractivity contribution in [2.45, 2.75) is 249 Å². The third-order valence-corrected chi connectivity index (χ3v) is 24.6. The third-order valence-electron chi connectivity index (χ3n) is 23.5. The molecule has 620 valence electrons. The van der Waals surface area contributed by atoms with E-state index in [1.807, 2.05) is 31.2 Å². The zero-order chi connectivity index (χ0) is 79.0. The first-order valence-electron chi connectivity index (χ1n) is 40.8. The number of ketones is 1. The number of halogens is 6. The van der Waals surface area contributed by atoms with Gasteiger partial charge in [-0.3, -0.25) is 4.79 Å². The fourth-order valence-corrected chi connectivity index (χ4v) is 16.1. The first-order chi connectivity index (χ1) is 53.2. The van der Waals surface area contributed by atoms with Gasteiger partial charge in [-0.1, -0.05) is 299 Å². The average molecular weight is 1930 g/mol. The minimum atomic E-state index is -0.826. The number of allylic oxidation sites excluding steroid dienone is 10. The molecule has 0 radical (unpaired) electrons. The molecule has 7 aliphatic carbocycles. The zero-order valence-corrected chi connectivity index (χ0v) is 84.7. The average Bonchev–Trinajstić information content (AvgIpc) is 1.73. The van der Waals surface area contributed by atoms with Crippen LogP contribution in [0.2, 0.25) is 0 Å². The van der Waals surface area contributed by atoms with Crippen LogP contribution in [0.1, 0.15) is 264 Å². The van der Waals surface area contributed by atoms with E-state index < -0.39 is 41.7 Å². The SMILES string of the molecule is Brc1ccc(CCc2ccc(Br)cc2)cc1.C.C1CCCC1.C1CCCC1.CC1=C(C)CC(c2ccc(CCc3ccc(C4=CC(C)=C(C)C4)cc3)cc2)=C1.CC1=CC(=O)CC1C.CC1CC(c2ccc(CCc3ccc(C4CC(C)C(C)C4)cc3)cc2)CC1C.[CH3-].[CH3-].[CH3-].[CH3-].[Cl][Zr+2][Cl].[Cl][Zr+2][Cl].[Li+].[Li+].[c-]1ccc(CCc2cc[c-]cc2)cc1. The summed E-state index contributed by atoms with van der Waals surface area (Å²) in [6.45, 7) is 22.6. The van der Waals surface area contributed by atoms with E-state index in [1.54, 1.807) is 17.2 Å². The fraction of sp³-hybridized carbons (Fsp3) is 0.406. The fourth-order valence-electron chi connectivity index (χ4n) is 15.6. The van der Waals surface area contributed by atoms with Crippen molar-refractivity contribution in [3.8, 4) is 0 Å². The molecule has 4 saturated carbocycles. The van der Waals surface area contributed by atoms with Crippen LogP contribution in [-0.4, -0.2) is 5.78 Å². The van der Waals surface area contributed by atoms with Crippen molar-refractivity contribution >= 4 is 82.8 Å². The van der Waals surface area contributed by atoms with Crippen molar-refractivity contribution < 1.29 is 84.2 Å². The summed E-state index contributed by atoms with van der Waals surface area (Å²) >= 11 is 5.24. The number of hydrogen-bond acceptors (Lipinski definition) is 1. The summed E-state index contributed by atoms with van der Waals surface area (Å²) in [4.78, 5) is 10.6. The molecule has 117 heavy (non-hydrogen) atoms. The van der Waals surface area contributed by atoms with Crippen molar-refractivity contribution in [2.75, 3.05) is 0 Å². The number of benzene rings is 8. The first-order valence-corrected chi connectivity index (χ1v) is 55.1. The number of carbonyl (C=O) groups is 1. The molecular formula is C106H138Br2Cl4Li2OZr2. The molecule has 15 rings (SSSR count). The van der Waals surface area contributed by atoms with Gasteiger partial charge in [-0.25, -0.2) is 0 Å². The summed E-state index contributed by atoms with van der Waals surface area (Å²) in [5.41, 5.74) is 27.1. The molecule has 0 saturated heterocycles. The van der Waals surface area contributed by atoms with Crippen molar-refractivity contribution in [1.82, 2.24) is 0 Å². The van der Waals surface area contributed by atoms with Gasteiger partial charge in [0.25, 0.3) is 0 Å². The molecule has 8 aromatic rings. The third kappa shape index (κ3) is 43.6. The van der Waals surface area contributed by atoms with Gasteiger partial charge in [-0.2, -0.15) is 71.8 Å². The molecule has 5 unspecified atom stereocenters. The Bertz CT molecular complexity index is 3810. The number of aryl methyl sites for hydroxylation is 8. The summed E-state index contributed by atoms with van der Waals surface area (Å²) < 4.78 is 2.28. The Labute approximate surface area is 794 Å². The van der Waals surface area contributed by atoms with E-state index in [4.69, 9.17) is 34.1 Å². The Balaban J connectivity index is 0.00000140. The molecule has 5 atom stereocenters. The molecule has 0 aliphatic heterocycles. The monoisotopic (exact) mass is 1920 g/mol. The maximum atomic E-state index is 10.6. The second kappa shape index (κ2) is 64.9. The topological polar surface area (TPSA) is 17.1 Å². The maximum absolute atomic E-state index is 10.6. The summed E-state index contributed by atoms with van der Waals surface area (Å²) in [6.07, 6.45) is 38.7. The van der Waals surface area contributed by atoms with E-state index in [0.29, 0.717) is 5.92 Å². The van der Waals surface area contributed by atoms with Crippen LogP contribution in [0.25, 0.3) is 11.1 Å². The van der Waals surface area contributed by atoms with Crippen molar-refractivity contribution in [3.05, 3.63) is 358 Å². The van der Waals surface area contributed by atoms with Gasteiger partial charge in [0.1, 0.15) is 0 Å². The zero-order valence-electron chi connectivity index (χ0n) is 73.6. The molecule has 0 aromatic heterocycles. The van der Waals surface area contributed by atoms with Crippen LogP contribution < -0.4 is 37.7 Å². The summed E-state index contributed by atoms with van der Waals surface area (Å²) in [5.74, 6) is 5.87. The second-order valence-electron chi connectivity index (χ2n) is 31.9. The van der Waals surface area contributed by atoms with Crippen LogP contribution in [0.5, 0.6) is 0 Å². The van der Waals surface area contributed by atoms with Gasteiger partial charge < -0.3 is 29.7 Å². The molecule has 8 aromatic carbocycles. The van der Waals surface area contributed by atoms with Gasteiger partial charge in [-0.15, -0.1) is 0 Å². The summed E-state index contributed by atoms with van der Waals surface area (Å²) in [5, 5.41) is 0. The van der Waals surface area contributed by atoms with Crippen LogP contribution in [0, 0.1) is 71.4 Å². The number of rotatable bonds is 16. The van der Waals surface area contributed by atoms with Gasteiger partial charge in [0.05, 0.1) is 0 Å². The summed E-state index contributed by atoms with van der Waals surface area (Å²) in [7, 11) is 19.7. The van der Waals surface area contributed by atoms with Gasteiger partial charge in [-0.05, 0) is 263 Å². The van der Waals surface area contributed by atoms with Crippen LogP contribution in [0.15, 0.2) is 249 Å². The minimum absolute atomic E-state index is 0. The Morgan fingerprint density at radius 1 is 0.350 bits per heavy atom. The standard InChI is InChI=1S/C28H38.C28H30.C14H12Br2.C14H12.C7H10O.2C5H10.CH4.4CH3.4ClH.2Li.2Zr/c2*1-19-15-27(16-20(19)2)25-11-7-23(8-12-25)5-6-24-9-13-26(14-10-24)28-17-21(3)22(4)18-28;15-13-7-3-11(4-8-13)1-2-12-5-9-14(16)10-6-12;1-3-7-13(8-4-1)11-12-14-9-5-2-6-10-14;1-5-3-7(8)4-6(5)2;2*1-2-4-5-3-1;;;;;;;;;;;;;/h7-14,19-22,27-28H,5-6,15-18H2,1-4H3;7-15,17H,5-6,16,18H2,1-4H3;3-10H,1-2H2;3-10H,11-12H2;3,6H,4H2,1-2H3;2*1-5H2;1H4;4*1H3;4*1H;;;;/q;;;-2;;;;;4*-1;;;;;2*+1;2*+4/p-4. The predicted octanol–water partition coefficient (Wildman–Crippen LogP) is 28.2. The number of carbonyl (C=O) groups excluding carboxylic acids is 1. The van der Waals surface area contributed by atoms with E-state index in [9.17, 15) is 4.79 Å². The smallest absolute Gasteiger partial charge is 0.184 e. The quantitative estimate of drug-likeness (QED) is 0.0696. The van der Waals surface area contributed by atoms with Crippen molar-refractivity contribution in [3.63, 3.8) is 0 Å². The van der Waals surface area contributed by atoms with Crippen LogP contribution in [-0.2, 0) is 97.9 Å². The van der Waals surface area contributed by atoms with Gasteiger partial charge in [0.15, 0.2) is 5.78 Å². The normalized spacial score (nSPS) is 18.6. The first kappa shape index (κ1) is 114. The summed E-state index contributed by atoms with van der Waals surface area (Å²) in [6, 6.07) is 76.9. The Morgan fingerprint density at radius 3 is 0.769 bits per heavy atom. The van der Waals surface area contributed by atoms with Crippen molar-refractivity contribution in [1.29, 1.82) is 0 Å². The molecule has 0 spiro atoms. The van der Waals surface area contributed by atoms with Crippen LogP contribution in [0.4, 0.5) is 0 Å². The molecule has 7 aliphatic rings. The Kier molecular flexibility index (Phi) is 63.3. The van der Waals surface area contributed by atoms with E-state index in [0.717, 1.165) is 115 Å². The molecule has 0 N–H and O–H groups in total.